The number of benzene rings is 7. The Kier molecular flexibility index (Phi) is 4.92. The van der Waals surface area contributed by atoms with E-state index in [4.69, 9.17) is 0 Å². The van der Waals surface area contributed by atoms with E-state index in [1.165, 1.54) is 0 Å². The number of rotatable bonds is 2. The molecule has 5 heteroatoms. The van der Waals surface area contributed by atoms with E-state index in [1.807, 2.05) is 24.3 Å². The summed E-state index contributed by atoms with van der Waals surface area (Å²) in [5.74, 6) is 0. The number of hydrogen-bond acceptors (Lipinski definition) is 2. The van der Waals surface area contributed by atoms with E-state index in [-0.39, 0.29) is 0 Å². The molecule has 4 aromatic heterocycles. The number of aromatic nitrogens is 3. The monoisotopic (exact) mass is 621 g/mol. The summed E-state index contributed by atoms with van der Waals surface area (Å²) >= 11 is 0. The molecule has 4 heterocycles. The summed E-state index contributed by atoms with van der Waals surface area (Å²) in [6, 6.07) is 53.3. The van der Waals surface area contributed by atoms with Crippen LogP contribution in [0.2, 0.25) is 0 Å². The molecular formula is C44H23N5. The smallest absolute Gasteiger partial charge is 0.0999 e. The SMILES string of the molecule is N#Cc1cc2c(c3cccc4c5c6c(c(C#N)cc5n2c34)c2ccccc2n6-c2ccccc2)c2c1c1ccccc1n2-c1ccccc1. The fraction of sp³-hybridized carbons (Fsp3) is 0. The molecule has 0 aliphatic rings. The van der Waals surface area contributed by atoms with Gasteiger partial charge in [0.1, 0.15) is 0 Å². The molecular weight excluding hydrogens is 599 g/mol. The van der Waals surface area contributed by atoms with Crippen LogP contribution < -0.4 is 0 Å². The summed E-state index contributed by atoms with van der Waals surface area (Å²) in [6.07, 6.45) is 0. The van der Waals surface area contributed by atoms with Crippen molar-refractivity contribution >= 4 is 81.7 Å². The van der Waals surface area contributed by atoms with Gasteiger partial charge in [0, 0.05) is 54.5 Å². The van der Waals surface area contributed by atoms with Crippen LogP contribution >= 0.6 is 0 Å². The van der Waals surface area contributed by atoms with Gasteiger partial charge in [0.05, 0.1) is 61.9 Å². The van der Waals surface area contributed by atoms with Gasteiger partial charge < -0.3 is 13.5 Å². The van der Waals surface area contributed by atoms with Gasteiger partial charge in [-0.25, -0.2) is 0 Å². The predicted molar refractivity (Wildman–Crippen MR) is 199 cm³/mol. The van der Waals surface area contributed by atoms with E-state index in [2.05, 4.69) is 141 Å². The number of fused-ring (bicyclic) bond motifs is 14. The van der Waals surface area contributed by atoms with Gasteiger partial charge in [-0.15, -0.1) is 0 Å². The molecule has 11 aromatic rings. The summed E-state index contributed by atoms with van der Waals surface area (Å²) < 4.78 is 6.92. The van der Waals surface area contributed by atoms with Gasteiger partial charge in [0.25, 0.3) is 0 Å². The zero-order valence-electron chi connectivity index (χ0n) is 26.0. The minimum atomic E-state index is 0.627. The van der Waals surface area contributed by atoms with Crippen molar-refractivity contribution in [1.82, 2.24) is 13.5 Å². The largest absolute Gasteiger partial charge is 0.308 e. The van der Waals surface area contributed by atoms with Crippen molar-refractivity contribution in [3.8, 4) is 23.5 Å². The van der Waals surface area contributed by atoms with Crippen molar-refractivity contribution in [2.75, 3.05) is 0 Å². The fourth-order valence-corrected chi connectivity index (χ4v) is 8.61. The first-order valence-corrected chi connectivity index (χ1v) is 16.3. The highest BCUT2D eigenvalue weighted by molar-refractivity contribution is 6.35. The fourth-order valence-electron chi connectivity index (χ4n) is 8.61. The van der Waals surface area contributed by atoms with Crippen molar-refractivity contribution in [2.24, 2.45) is 0 Å². The molecule has 224 valence electrons. The van der Waals surface area contributed by atoms with Crippen LogP contribution in [0.4, 0.5) is 0 Å². The number of nitrogens with zero attached hydrogens (tertiary/aromatic N) is 5. The number of para-hydroxylation sites is 5. The molecule has 5 nitrogen and oxygen atoms in total. The Morgan fingerprint density at radius 2 is 0.776 bits per heavy atom. The van der Waals surface area contributed by atoms with Crippen LogP contribution in [0.3, 0.4) is 0 Å². The molecule has 0 amide bonds. The maximum Gasteiger partial charge on any atom is 0.0999 e. The van der Waals surface area contributed by atoms with Crippen LogP contribution in [0.15, 0.2) is 140 Å². The molecule has 0 saturated heterocycles. The van der Waals surface area contributed by atoms with Gasteiger partial charge in [-0.05, 0) is 48.5 Å². The highest BCUT2D eigenvalue weighted by Gasteiger charge is 2.28. The third-order valence-electron chi connectivity index (χ3n) is 10.4. The van der Waals surface area contributed by atoms with Gasteiger partial charge in [-0.1, -0.05) is 91.0 Å². The van der Waals surface area contributed by atoms with Gasteiger partial charge in [0.2, 0.25) is 0 Å². The van der Waals surface area contributed by atoms with E-state index < -0.39 is 0 Å². The molecule has 0 aliphatic carbocycles. The number of nitriles is 2. The van der Waals surface area contributed by atoms with Crippen LogP contribution in [0, 0.1) is 22.7 Å². The van der Waals surface area contributed by atoms with Crippen molar-refractivity contribution < 1.29 is 0 Å². The molecule has 0 unspecified atom stereocenters. The quantitative estimate of drug-likeness (QED) is 0.193. The Balaban J connectivity index is 1.44. The lowest BCUT2D eigenvalue weighted by atomic mass is 10.00. The normalized spacial score (nSPS) is 12.0. The molecule has 0 N–H and O–H groups in total. The maximum absolute atomic E-state index is 10.7. The van der Waals surface area contributed by atoms with Crippen LogP contribution in [0.25, 0.3) is 93.1 Å². The molecule has 7 aromatic carbocycles. The third kappa shape index (κ3) is 3.12. The molecule has 0 spiro atoms. The summed E-state index contributed by atoms with van der Waals surface area (Å²) in [6.45, 7) is 0. The summed E-state index contributed by atoms with van der Waals surface area (Å²) in [7, 11) is 0. The summed E-state index contributed by atoms with van der Waals surface area (Å²) in [5.41, 5.74) is 10.5. The van der Waals surface area contributed by atoms with Gasteiger partial charge in [-0.3, -0.25) is 0 Å². The van der Waals surface area contributed by atoms with Crippen molar-refractivity contribution in [3.63, 3.8) is 0 Å². The predicted octanol–water partition coefficient (Wildman–Crippen LogP) is 10.8. The lowest BCUT2D eigenvalue weighted by molar-refractivity contribution is 1.19. The molecule has 0 radical (unpaired) electrons. The molecule has 0 atom stereocenters. The standard InChI is InChI=1S/C44H23N5/c45-24-26-22-36-40(43-38(26)30-16-7-9-20-34(30)47(43)28-12-3-1-4-13-28)32-18-11-19-33-41-37(49(36)42(32)33)23-27(25-46)39-31-17-8-10-21-35(31)48(44(39)41)29-14-5-2-6-15-29/h1-23H. The molecule has 49 heavy (non-hydrogen) atoms. The van der Waals surface area contributed by atoms with Crippen molar-refractivity contribution in [2.45, 2.75) is 0 Å². The van der Waals surface area contributed by atoms with Crippen LogP contribution in [-0.4, -0.2) is 13.5 Å². The Labute approximate surface area is 279 Å². The second-order valence-electron chi connectivity index (χ2n) is 12.7. The molecule has 0 bridgehead atoms. The molecule has 0 saturated carbocycles. The zero-order chi connectivity index (χ0) is 32.4. The van der Waals surface area contributed by atoms with E-state index in [1.54, 1.807) is 0 Å². The third-order valence-corrected chi connectivity index (χ3v) is 10.4. The Morgan fingerprint density at radius 3 is 1.22 bits per heavy atom. The first-order chi connectivity index (χ1) is 24.3. The molecule has 0 aliphatic heterocycles. The van der Waals surface area contributed by atoms with Crippen LogP contribution in [0.5, 0.6) is 0 Å². The average molecular weight is 622 g/mol. The van der Waals surface area contributed by atoms with Crippen molar-refractivity contribution in [3.05, 3.63) is 151 Å². The van der Waals surface area contributed by atoms with E-state index >= 15 is 0 Å². The minimum absolute atomic E-state index is 0.627. The van der Waals surface area contributed by atoms with E-state index in [0.29, 0.717) is 11.1 Å². The minimum Gasteiger partial charge on any atom is -0.308 e. The Bertz CT molecular complexity index is 3060. The number of hydrogen-bond donors (Lipinski definition) is 0. The van der Waals surface area contributed by atoms with E-state index in [9.17, 15) is 10.5 Å². The average Bonchev–Trinajstić information content (AvgIpc) is 3.89. The lowest BCUT2D eigenvalue weighted by Crippen LogP contribution is -1.95. The lowest BCUT2D eigenvalue weighted by Gasteiger charge is -2.11. The zero-order valence-corrected chi connectivity index (χ0v) is 26.0. The first kappa shape index (κ1) is 26.0. The van der Waals surface area contributed by atoms with Crippen molar-refractivity contribution in [1.29, 1.82) is 10.5 Å². The second kappa shape index (κ2) is 9.26. The topological polar surface area (TPSA) is 61.8 Å². The van der Waals surface area contributed by atoms with Crippen LogP contribution in [-0.2, 0) is 0 Å². The van der Waals surface area contributed by atoms with Gasteiger partial charge >= 0.3 is 0 Å². The van der Waals surface area contributed by atoms with Gasteiger partial charge in [0.15, 0.2) is 0 Å². The molecule has 11 rings (SSSR count). The van der Waals surface area contributed by atoms with Gasteiger partial charge in [-0.2, -0.15) is 10.5 Å². The molecule has 0 fully saturated rings. The Hall–Kier alpha value is -7.08. The van der Waals surface area contributed by atoms with E-state index in [0.717, 1.165) is 93.1 Å². The Morgan fingerprint density at radius 1 is 0.367 bits per heavy atom. The summed E-state index contributed by atoms with van der Waals surface area (Å²) in [4.78, 5) is 0. The van der Waals surface area contributed by atoms with Crippen LogP contribution in [0.1, 0.15) is 11.1 Å². The highest BCUT2D eigenvalue weighted by atomic mass is 15.0. The summed E-state index contributed by atoms with van der Waals surface area (Å²) in [5, 5.41) is 29.9. The first-order valence-electron chi connectivity index (χ1n) is 16.3. The maximum atomic E-state index is 10.7. The second-order valence-corrected chi connectivity index (χ2v) is 12.7. The highest BCUT2D eigenvalue weighted by Crippen LogP contribution is 2.48.